The SMILES string of the molecule is CCC[C@@H](NC(=O)C[NH+](C)CC(=O)Nc1c(C)cc(C)cc1C)c1ccccc1. The lowest BCUT2D eigenvalue weighted by Gasteiger charge is -2.20. The van der Waals surface area contributed by atoms with Gasteiger partial charge in [0.15, 0.2) is 13.1 Å². The van der Waals surface area contributed by atoms with E-state index in [9.17, 15) is 9.59 Å². The first-order chi connectivity index (χ1) is 13.8. The third-order valence-corrected chi connectivity index (χ3v) is 4.98. The number of anilines is 1. The van der Waals surface area contributed by atoms with Crippen molar-refractivity contribution in [1.29, 1.82) is 0 Å². The fraction of sp³-hybridized carbons (Fsp3) is 0.417. The number of likely N-dealkylation sites (N-methyl/N-ethyl adjacent to an activating group) is 1. The highest BCUT2D eigenvalue weighted by Gasteiger charge is 2.19. The van der Waals surface area contributed by atoms with Crippen molar-refractivity contribution in [3.8, 4) is 0 Å². The number of nitrogens with one attached hydrogen (secondary N) is 3. The van der Waals surface area contributed by atoms with Crippen molar-refractivity contribution in [2.24, 2.45) is 0 Å². The van der Waals surface area contributed by atoms with E-state index in [2.05, 4.69) is 29.7 Å². The molecule has 0 radical (unpaired) electrons. The third-order valence-electron chi connectivity index (χ3n) is 4.98. The van der Waals surface area contributed by atoms with Crippen LogP contribution >= 0.6 is 0 Å². The highest BCUT2D eigenvalue weighted by molar-refractivity contribution is 5.93. The molecule has 0 bridgehead atoms. The second-order valence-electron chi connectivity index (χ2n) is 7.95. The van der Waals surface area contributed by atoms with E-state index in [1.165, 1.54) is 5.56 Å². The van der Waals surface area contributed by atoms with Gasteiger partial charge in [0, 0.05) is 5.69 Å². The summed E-state index contributed by atoms with van der Waals surface area (Å²) in [6.45, 7) is 8.65. The van der Waals surface area contributed by atoms with Gasteiger partial charge in [-0.3, -0.25) is 9.59 Å². The largest absolute Gasteiger partial charge is 0.344 e. The molecule has 0 aliphatic rings. The van der Waals surface area contributed by atoms with Crippen molar-refractivity contribution in [2.45, 2.75) is 46.6 Å². The van der Waals surface area contributed by atoms with E-state index in [4.69, 9.17) is 0 Å². The Bertz CT molecular complexity index is 810. The molecule has 156 valence electrons. The topological polar surface area (TPSA) is 62.6 Å². The van der Waals surface area contributed by atoms with Crippen LogP contribution in [0.3, 0.4) is 0 Å². The molecule has 0 aliphatic carbocycles. The minimum atomic E-state index is -0.0847. The molecule has 2 amide bonds. The molecular formula is C24H34N3O2+. The predicted molar refractivity (Wildman–Crippen MR) is 118 cm³/mol. The zero-order valence-electron chi connectivity index (χ0n) is 18.3. The molecule has 2 atom stereocenters. The summed E-state index contributed by atoms with van der Waals surface area (Å²) in [5.41, 5.74) is 5.26. The van der Waals surface area contributed by atoms with E-state index in [0.29, 0.717) is 0 Å². The molecule has 0 fully saturated rings. The molecule has 0 aliphatic heterocycles. The second kappa shape index (κ2) is 10.8. The molecule has 0 spiro atoms. The van der Waals surface area contributed by atoms with Crippen LogP contribution in [-0.2, 0) is 9.59 Å². The summed E-state index contributed by atoms with van der Waals surface area (Å²) >= 11 is 0. The molecular weight excluding hydrogens is 362 g/mol. The Morgan fingerprint density at radius 3 is 2.14 bits per heavy atom. The van der Waals surface area contributed by atoms with Crippen LogP contribution in [0, 0.1) is 20.8 Å². The molecule has 1 unspecified atom stereocenters. The second-order valence-corrected chi connectivity index (χ2v) is 7.95. The van der Waals surface area contributed by atoms with Crippen LogP contribution in [0.25, 0.3) is 0 Å². The molecule has 0 saturated carbocycles. The Morgan fingerprint density at radius 2 is 1.55 bits per heavy atom. The first kappa shape index (κ1) is 22.6. The molecule has 5 nitrogen and oxygen atoms in total. The lowest BCUT2D eigenvalue weighted by Crippen LogP contribution is -3.11. The van der Waals surface area contributed by atoms with Crippen LogP contribution < -0.4 is 15.5 Å². The molecule has 5 heteroatoms. The van der Waals surface area contributed by atoms with Crippen molar-refractivity contribution in [3.05, 3.63) is 64.7 Å². The standard InChI is InChI=1S/C24H33N3O2/c1-6-10-21(20-11-8-7-9-12-20)25-22(28)15-27(5)16-23(29)26-24-18(3)13-17(2)14-19(24)4/h7-9,11-14,21H,6,10,15-16H2,1-5H3,(H,25,28)(H,26,29)/p+1/t21-/m1/s1. The van der Waals surface area contributed by atoms with Crippen LogP contribution in [0.1, 0.15) is 48.1 Å². The summed E-state index contributed by atoms with van der Waals surface area (Å²) in [5, 5.41) is 6.13. The summed E-state index contributed by atoms with van der Waals surface area (Å²) in [6.07, 6.45) is 1.88. The Balaban J connectivity index is 1.90. The summed E-state index contributed by atoms with van der Waals surface area (Å²) in [5.74, 6) is -0.126. The highest BCUT2D eigenvalue weighted by Crippen LogP contribution is 2.21. The van der Waals surface area contributed by atoms with Gasteiger partial charge in [-0.1, -0.05) is 61.4 Å². The average Bonchev–Trinajstić information content (AvgIpc) is 2.64. The van der Waals surface area contributed by atoms with Gasteiger partial charge in [0.2, 0.25) is 0 Å². The van der Waals surface area contributed by atoms with Crippen LogP contribution in [0.4, 0.5) is 5.69 Å². The van der Waals surface area contributed by atoms with Crippen molar-refractivity contribution in [2.75, 3.05) is 25.5 Å². The van der Waals surface area contributed by atoms with Crippen molar-refractivity contribution < 1.29 is 14.5 Å². The van der Waals surface area contributed by atoms with E-state index in [1.807, 2.05) is 58.2 Å². The van der Waals surface area contributed by atoms with E-state index in [1.54, 1.807) is 0 Å². The first-order valence-corrected chi connectivity index (χ1v) is 10.3. The van der Waals surface area contributed by atoms with Gasteiger partial charge in [-0.15, -0.1) is 0 Å². The van der Waals surface area contributed by atoms with Crippen LogP contribution in [-0.4, -0.2) is 32.0 Å². The number of quaternary nitrogens is 1. The Kier molecular flexibility index (Phi) is 8.40. The van der Waals surface area contributed by atoms with Crippen LogP contribution in [0.2, 0.25) is 0 Å². The maximum Gasteiger partial charge on any atom is 0.279 e. The van der Waals surface area contributed by atoms with E-state index in [0.717, 1.165) is 40.1 Å². The van der Waals surface area contributed by atoms with E-state index >= 15 is 0 Å². The zero-order valence-corrected chi connectivity index (χ0v) is 18.3. The maximum absolute atomic E-state index is 12.5. The Labute approximate surface area is 174 Å². The molecule has 0 aromatic heterocycles. The van der Waals surface area contributed by atoms with Crippen LogP contribution in [0.5, 0.6) is 0 Å². The van der Waals surface area contributed by atoms with Crippen LogP contribution in [0.15, 0.2) is 42.5 Å². The molecule has 0 saturated heterocycles. The van der Waals surface area contributed by atoms with Gasteiger partial charge in [0.1, 0.15) is 0 Å². The van der Waals surface area contributed by atoms with Gasteiger partial charge in [-0.2, -0.15) is 0 Å². The Morgan fingerprint density at radius 1 is 0.966 bits per heavy atom. The van der Waals surface area contributed by atoms with Gasteiger partial charge >= 0.3 is 0 Å². The lowest BCUT2D eigenvalue weighted by atomic mass is 10.0. The van der Waals surface area contributed by atoms with Crippen molar-refractivity contribution in [1.82, 2.24) is 5.32 Å². The van der Waals surface area contributed by atoms with E-state index in [-0.39, 0.29) is 30.9 Å². The third kappa shape index (κ3) is 7.02. The molecule has 2 rings (SSSR count). The molecule has 2 aromatic rings. The minimum absolute atomic E-state index is 0.00758. The number of amides is 2. The number of rotatable bonds is 9. The first-order valence-electron chi connectivity index (χ1n) is 10.3. The summed E-state index contributed by atoms with van der Waals surface area (Å²) in [4.78, 5) is 25.9. The fourth-order valence-corrected chi connectivity index (χ4v) is 3.71. The van der Waals surface area contributed by atoms with Crippen molar-refractivity contribution in [3.63, 3.8) is 0 Å². The molecule has 0 heterocycles. The summed E-state index contributed by atoms with van der Waals surface area (Å²) < 4.78 is 0. The number of carbonyl (C=O) groups is 2. The summed E-state index contributed by atoms with van der Waals surface area (Å²) in [7, 11) is 1.87. The predicted octanol–water partition coefficient (Wildman–Crippen LogP) is 2.72. The Hall–Kier alpha value is -2.66. The summed E-state index contributed by atoms with van der Waals surface area (Å²) in [6, 6.07) is 14.2. The van der Waals surface area contributed by atoms with Gasteiger partial charge in [0.05, 0.1) is 13.1 Å². The smallest absolute Gasteiger partial charge is 0.279 e. The van der Waals surface area contributed by atoms with Crippen molar-refractivity contribution >= 4 is 17.5 Å². The van der Waals surface area contributed by atoms with Gasteiger partial charge in [-0.25, -0.2) is 0 Å². The van der Waals surface area contributed by atoms with Gasteiger partial charge in [0.25, 0.3) is 11.8 Å². The molecule has 2 aromatic carbocycles. The molecule has 3 N–H and O–H groups in total. The normalized spacial score (nSPS) is 12.9. The number of aryl methyl sites for hydroxylation is 3. The number of carbonyl (C=O) groups excluding carboxylic acids is 2. The number of hydrogen-bond donors (Lipinski definition) is 3. The van der Waals surface area contributed by atoms with Gasteiger partial charge in [-0.05, 0) is 43.9 Å². The highest BCUT2D eigenvalue weighted by atomic mass is 16.2. The van der Waals surface area contributed by atoms with Gasteiger partial charge < -0.3 is 15.5 Å². The minimum Gasteiger partial charge on any atom is -0.344 e. The molecule has 29 heavy (non-hydrogen) atoms. The van der Waals surface area contributed by atoms with E-state index < -0.39 is 0 Å². The maximum atomic E-state index is 12.5. The number of benzene rings is 2. The fourth-order valence-electron chi connectivity index (χ4n) is 3.71. The number of hydrogen-bond acceptors (Lipinski definition) is 2. The zero-order chi connectivity index (χ0) is 21.4. The lowest BCUT2D eigenvalue weighted by molar-refractivity contribution is -0.862. The monoisotopic (exact) mass is 396 g/mol. The quantitative estimate of drug-likeness (QED) is 0.610. The average molecular weight is 397 g/mol.